The molecule has 0 spiro atoms. The fraction of sp³-hybridized carbons (Fsp3) is 0.391. The smallest absolute Gasteiger partial charge is 0.158 e. The molecule has 0 aliphatic carbocycles. The van der Waals surface area contributed by atoms with E-state index in [-0.39, 0.29) is 18.5 Å². The zero-order chi connectivity index (χ0) is 18.6. The summed E-state index contributed by atoms with van der Waals surface area (Å²) in [5.74, 6) is 0.947. The second kappa shape index (κ2) is 8.26. The summed E-state index contributed by atoms with van der Waals surface area (Å²) in [7, 11) is 0. The van der Waals surface area contributed by atoms with Crippen molar-refractivity contribution >= 4 is 11.0 Å². The number of fused-ring (bicyclic) bond motifs is 1. The maximum Gasteiger partial charge on any atom is 0.158 e. The molecule has 3 aromatic rings. The van der Waals surface area contributed by atoms with Crippen LogP contribution in [0.25, 0.3) is 22.3 Å². The van der Waals surface area contributed by atoms with Gasteiger partial charge in [0.2, 0.25) is 0 Å². The van der Waals surface area contributed by atoms with Gasteiger partial charge in [-0.3, -0.25) is 0 Å². The van der Waals surface area contributed by atoms with Crippen LogP contribution < -0.4 is 0 Å². The average Bonchev–Trinajstić information content (AvgIpc) is 3.07. The lowest BCUT2D eigenvalue weighted by atomic mass is 10.0. The van der Waals surface area contributed by atoms with E-state index in [9.17, 15) is 5.11 Å². The zero-order valence-corrected chi connectivity index (χ0v) is 15.6. The van der Waals surface area contributed by atoms with E-state index < -0.39 is 0 Å². The first-order valence-electron chi connectivity index (χ1n) is 9.73. The Kier molecular flexibility index (Phi) is 5.58. The Balaban J connectivity index is 1.44. The van der Waals surface area contributed by atoms with E-state index in [2.05, 4.69) is 24.3 Å². The molecule has 2 heterocycles. The maximum atomic E-state index is 9.74. The summed E-state index contributed by atoms with van der Waals surface area (Å²) in [4.78, 5) is 0. The number of hydrogen-bond donors (Lipinski definition) is 1. The number of aliphatic hydroxyl groups is 1. The topological polar surface area (TPSA) is 51.8 Å². The zero-order valence-electron chi connectivity index (χ0n) is 15.6. The van der Waals surface area contributed by atoms with Crippen molar-refractivity contribution in [3.63, 3.8) is 0 Å². The minimum atomic E-state index is -0.379. The first kappa shape index (κ1) is 18.2. The standard InChI is InChI=1S/C23H26O4/c1-16-20(24)13-14-22(26-16)25-15-7-11-19-18-10-5-6-12-21(18)27-23(19)17-8-3-2-4-9-17/h2-6,8-10,12,16,20,22,24H,7,11,13-15H2,1H3/t16-,20+,22+/m0/s1. The Morgan fingerprint density at radius 2 is 1.81 bits per heavy atom. The van der Waals surface area contributed by atoms with Gasteiger partial charge in [0.25, 0.3) is 0 Å². The second-order valence-corrected chi connectivity index (χ2v) is 7.16. The van der Waals surface area contributed by atoms with Gasteiger partial charge in [0.1, 0.15) is 11.3 Å². The van der Waals surface area contributed by atoms with E-state index in [1.807, 2.05) is 37.3 Å². The number of aliphatic hydroxyl groups excluding tert-OH is 1. The van der Waals surface area contributed by atoms with Crippen molar-refractivity contribution in [2.45, 2.75) is 51.1 Å². The van der Waals surface area contributed by atoms with Gasteiger partial charge in [-0.2, -0.15) is 0 Å². The van der Waals surface area contributed by atoms with Crippen LogP contribution in [-0.4, -0.2) is 30.2 Å². The minimum absolute atomic E-state index is 0.161. The van der Waals surface area contributed by atoms with Gasteiger partial charge in [0, 0.05) is 22.9 Å². The monoisotopic (exact) mass is 366 g/mol. The van der Waals surface area contributed by atoms with Crippen molar-refractivity contribution < 1.29 is 19.0 Å². The molecule has 1 N–H and O–H groups in total. The lowest BCUT2D eigenvalue weighted by Crippen LogP contribution is -2.38. The summed E-state index contributed by atoms with van der Waals surface area (Å²) in [6, 6.07) is 18.4. The number of benzene rings is 2. The highest BCUT2D eigenvalue weighted by molar-refractivity contribution is 5.87. The van der Waals surface area contributed by atoms with Crippen LogP contribution in [-0.2, 0) is 15.9 Å². The van der Waals surface area contributed by atoms with Crippen LogP contribution in [0, 0.1) is 0 Å². The molecule has 0 radical (unpaired) electrons. The summed E-state index contributed by atoms with van der Waals surface area (Å²) >= 11 is 0. The molecular weight excluding hydrogens is 340 g/mol. The summed E-state index contributed by atoms with van der Waals surface area (Å²) in [5, 5.41) is 10.9. The molecule has 1 aliphatic heterocycles. The first-order valence-corrected chi connectivity index (χ1v) is 9.73. The summed E-state index contributed by atoms with van der Waals surface area (Å²) in [6.45, 7) is 2.52. The molecule has 2 aromatic carbocycles. The molecule has 0 unspecified atom stereocenters. The van der Waals surface area contributed by atoms with Gasteiger partial charge >= 0.3 is 0 Å². The first-order chi connectivity index (χ1) is 13.2. The second-order valence-electron chi connectivity index (χ2n) is 7.16. The van der Waals surface area contributed by atoms with Crippen LogP contribution in [0.3, 0.4) is 0 Å². The van der Waals surface area contributed by atoms with E-state index in [4.69, 9.17) is 13.9 Å². The van der Waals surface area contributed by atoms with E-state index in [1.54, 1.807) is 0 Å². The van der Waals surface area contributed by atoms with Crippen molar-refractivity contribution in [3.05, 3.63) is 60.2 Å². The quantitative estimate of drug-likeness (QED) is 0.628. The van der Waals surface area contributed by atoms with E-state index in [0.717, 1.165) is 42.6 Å². The third-order valence-corrected chi connectivity index (χ3v) is 5.22. The fourth-order valence-electron chi connectivity index (χ4n) is 3.70. The van der Waals surface area contributed by atoms with Crippen LogP contribution in [0.2, 0.25) is 0 Å². The van der Waals surface area contributed by atoms with Crippen molar-refractivity contribution in [1.29, 1.82) is 0 Å². The molecule has 1 fully saturated rings. The van der Waals surface area contributed by atoms with Gasteiger partial charge in [0.15, 0.2) is 6.29 Å². The Labute approximate surface area is 159 Å². The third-order valence-electron chi connectivity index (χ3n) is 5.22. The molecule has 142 valence electrons. The molecule has 3 atom stereocenters. The van der Waals surface area contributed by atoms with Gasteiger partial charge in [-0.1, -0.05) is 48.5 Å². The summed E-state index contributed by atoms with van der Waals surface area (Å²) < 4.78 is 17.8. The highest BCUT2D eigenvalue weighted by Gasteiger charge is 2.26. The number of rotatable bonds is 6. The van der Waals surface area contributed by atoms with Crippen LogP contribution in [0.5, 0.6) is 0 Å². The van der Waals surface area contributed by atoms with Crippen molar-refractivity contribution in [3.8, 4) is 11.3 Å². The third kappa shape index (κ3) is 4.08. The van der Waals surface area contributed by atoms with Gasteiger partial charge in [-0.05, 0) is 32.3 Å². The molecule has 1 aromatic heterocycles. The summed E-state index contributed by atoms with van der Waals surface area (Å²) in [5.41, 5.74) is 3.25. The van der Waals surface area contributed by atoms with Crippen LogP contribution in [0.15, 0.2) is 59.0 Å². The molecule has 4 nitrogen and oxygen atoms in total. The number of para-hydroxylation sites is 1. The van der Waals surface area contributed by atoms with Gasteiger partial charge in [-0.15, -0.1) is 0 Å². The molecule has 1 aliphatic rings. The van der Waals surface area contributed by atoms with E-state index in [1.165, 1.54) is 10.9 Å². The largest absolute Gasteiger partial charge is 0.456 e. The normalized spacial score (nSPS) is 23.0. The van der Waals surface area contributed by atoms with Gasteiger partial charge in [0.05, 0.1) is 18.8 Å². The van der Waals surface area contributed by atoms with Crippen molar-refractivity contribution in [2.24, 2.45) is 0 Å². The van der Waals surface area contributed by atoms with Gasteiger partial charge in [-0.25, -0.2) is 0 Å². The van der Waals surface area contributed by atoms with Gasteiger partial charge < -0.3 is 19.0 Å². The number of furan rings is 1. The number of aryl methyl sites for hydroxylation is 1. The SMILES string of the molecule is C[C@@H]1O[C@@H](OCCCc2c(-c3ccccc3)oc3ccccc23)CC[C@H]1O. The van der Waals surface area contributed by atoms with E-state index >= 15 is 0 Å². The molecule has 0 saturated carbocycles. The molecule has 0 bridgehead atoms. The van der Waals surface area contributed by atoms with Crippen LogP contribution >= 0.6 is 0 Å². The molecule has 4 heteroatoms. The summed E-state index contributed by atoms with van der Waals surface area (Å²) in [6.07, 6.45) is 2.50. The predicted molar refractivity (Wildman–Crippen MR) is 105 cm³/mol. The Morgan fingerprint density at radius 1 is 1.04 bits per heavy atom. The average molecular weight is 366 g/mol. The molecule has 27 heavy (non-hydrogen) atoms. The highest BCUT2D eigenvalue weighted by atomic mass is 16.7. The number of hydrogen-bond acceptors (Lipinski definition) is 4. The Hall–Kier alpha value is -2.14. The Bertz CT molecular complexity index is 870. The molecule has 0 amide bonds. The molecule has 1 saturated heterocycles. The number of ether oxygens (including phenoxy) is 2. The predicted octanol–water partition coefficient (Wildman–Crippen LogP) is 4.93. The minimum Gasteiger partial charge on any atom is -0.456 e. The van der Waals surface area contributed by atoms with Crippen molar-refractivity contribution in [2.75, 3.05) is 6.61 Å². The van der Waals surface area contributed by atoms with Crippen LogP contribution in [0.4, 0.5) is 0 Å². The van der Waals surface area contributed by atoms with Crippen LogP contribution in [0.1, 0.15) is 31.7 Å². The lowest BCUT2D eigenvalue weighted by Gasteiger charge is -2.31. The molecule has 4 rings (SSSR count). The fourth-order valence-corrected chi connectivity index (χ4v) is 3.70. The van der Waals surface area contributed by atoms with E-state index in [0.29, 0.717) is 6.61 Å². The Morgan fingerprint density at radius 3 is 2.63 bits per heavy atom. The van der Waals surface area contributed by atoms with Crippen molar-refractivity contribution in [1.82, 2.24) is 0 Å². The molecular formula is C23H26O4. The lowest BCUT2D eigenvalue weighted by molar-refractivity contribution is -0.217. The maximum absolute atomic E-state index is 9.74. The highest BCUT2D eigenvalue weighted by Crippen LogP contribution is 2.34.